The zero-order valence-electron chi connectivity index (χ0n) is 12.7. The molecule has 1 aliphatic carbocycles. The third-order valence-electron chi connectivity index (χ3n) is 4.08. The molecular weight excluding hydrogens is 270 g/mol. The maximum atomic E-state index is 5.82. The third kappa shape index (κ3) is 2.85. The van der Waals surface area contributed by atoms with Crippen molar-refractivity contribution in [1.82, 2.24) is 10.3 Å². The maximum Gasteiger partial charge on any atom is 0.186 e. The first-order valence-electron chi connectivity index (χ1n) is 7.80. The molecule has 1 aromatic rings. The van der Waals surface area contributed by atoms with Crippen LogP contribution in [0.15, 0.2) is 0 Å². The number of nitrogens with zero attached hydrogens (tertiary/aromatic N) is 2. The number of aryl methyl sites for hydroxylation is 1. The highest BCUT2D eigenvalue weighted by atomic mass is 32.1. The van der Waals surface area contributed by atoms with E-state index in [4.69, 9.17) is 9.72 Å². The molecule has 0 amide bonds. The quantitative estimate of drug-likeness (QED) is 0.930. The minimum Gasteiger partial charge on any atom is -0.372 e. The summed E-state index contributed by atoms with van der Waals surface area (Å²) in [5, 5.41) is 4.77. The van der Waals surface area contributed by atoms with E-state index in [0.717, 1.165) is 19.6 Å². The van der Waals surface area contributed by atoms with Crippen LogP contribution in [0.2, 0.25) is 0 Å². The fourth-order valence-corrected chi connectivity index (χ4v) is 4.50. The number of ether oxygens (including phenoxy) is 1. The molecule has 5 heteroatoms. The maximum absolute atomic E-state index is 5.82. The lowest BCUT2D eigenvalue weighted by molar-refractivity contribution is -0.00523. The van der Waals surface area contributed by atoms with Crippen molar-refractivity contribution in [2.45, 2.75) is 58.3 Å². The highest BCUT2D eigenvalue weighted by molar-refractivity contribution is 7.15. The van der Waals surface area contributed by atoms with Crippen LogP contribution in [0.25, 0.3) is 0 Å². The number of thiazole rings is 1. The first-order chi connectivity index (χ1) is 9.67. The Morgan fingerprint density at radius 2 is 2.10 bits per heavy atom. The van der Waals surface area contributed by atoms with E-state index in [0.29, 0.717) is 18.2 Å². The molecule has 1 saturated heterocycles. The summed E-state index contributed by atoms with van der Waals surface area (Å²) in [7, 11) is 0. The zero-order chi connectivity index (χ0) is 14.1. The molecule has 0 spiro atoms. The highest BCUT2D eigenvalue weighted by Gasteiger charge is 2.29. The minimum atomic E-state index is 0.296. The SMILES string of the molecule is CCNC1CCCc2sc(N3CC(C)OC(C)C3)nc21. The van der Waals surface area contributed by atoms with Gasteiger partial charge in [-0.1, -0.05) is 6.92 Å². The summed E-state index contributed by atoms with van der Waals surface area (Å²) in [6, 6.07) is 0.463. The second kappa shape index (κ2) is 6.00. The second-order valence-electron chi connectivity index (χ2n) is 5.97. The molecule has 1 aliphatic heterocycles. The van der Waals surface area contributed by atoms with Crippen molar-refractivity contribution in [2.24, 2.45) is 0 Å². The number of nitrogens with one attached hydrogen (secondary N) is 1. The van der Waals surface area contributed by atoms with Gasteiger partial charge in [-0.15, -0.1) is 11.3 Å². The average molecular weight is 295 g/mol. The molecule has 20 heavy (non-hydrogen) atoms. The van der Waals surface area contributed by atoms with Crippen LogP contribution in [0.5, 0.6) is 0 Å². The molecule has 0 saturated carbocycles. The predicted octanol–water partition coefficient (Wildman–Crippen LogP) is 2.74. The van der Waals surface area contributed by atoms with Gasteiger partial charge in [0.15, 0.2) is 5.13 Å². The van der Waals surface area contributed by atoms with Crippen molar-refractivity contribution in [3.05, 3.63) is 10.6 Å². The lowest BCUT2D eigenvalue weighted by Gasteiger charge is -2.35. The molecule has 4 nitrogen and oxygen atoms in total. The van der Waals surface area contributed by atoms with Gasteiger partial charge in [-0.3, -0.25) is 0 Å². The standard InChI is InChI=1S/C15H25N3OS/c1-4-16-12-6-5-7-13-14(12)17-15(20-13)18-8-10(2)19-11(3)9-18/h10-12,16H,4-9H2,1-3H3. The summed E-state index contributed by atoms with van der Waals surface area (Å²) in [5.74, 6) is 0. The molecule has 1 fully saturated rings. The van der Waals surface area contributed by atoms with Crippen LogP contribution in [-0.4, -0.2) is 36.8 Å². The number of anilines is 1. The topological polar surface area (TPSA) is 37.4 Å². The van der Waals surface area contributed by atoms with Crippen LogP contribution in [0.1, 0.15) is 50.2 Å². The van der Waals surface area contributed by atoms with Gasteiger partial charge >= 0.3 is 0 Å². The predicted molar refractivity (Wildman–Crippen MR) is 83.7 cm³/mol. The minimum absolute atomic E-state index is 0.296. The molecule has 1 aromatic heterocycles. The van der Waals surface area contributed by atoms with Gasteiger partial charge in [0.05, 0.1) is 23.9 Å². The Balaban J connectivity index is 1.81. The fourth-order valence-electron chi connectivity index (χ4n) is 3.32. The Morgan fingerprint density at radius 1 is 1.35 bits per heavy atom. The lowest BCUT2D eigenvalue weighted by atomic mass is 9.98. The van der Waals surface area contributed by atoms with Crippen LogP contribution in [0.3, 0.4) is 0 Å². The van der Waals surface area contributed by atoms with Crippen LogP contribution >= 0.6 is 11.3 Å². The van der Waals surface area contributed by atoms with E-state index in [2.05, 4.69) is 31.0 Å². The summed E-state index contributed by atoms with van der Waals surface area (Å²) in [6.07, 6.45) is 4.29. The van der Waals surface area contributed by atoms with Crippen molar-refractivity contribution in [2.75, 3.05) is 24.5 Å². The zero-order valence-corrected chi connectivity index (χ0v) is 13.5. The second-order valence-corrected chi connectivity index (χ2v) is 7.03. The fraction of sp³-hybridized carbons (Fsp3) is 0.800. The van der Waals surface area contributed by atoms with Gasteiger partial charge in [0.2, 0.25) is 0 Å². The number of hydrogen-bond donors (Lipinski definition) is 1. The van der Waals surface area contributed by atoms with Crippen molar-refractivity contribution in [1.29, 1.82) is 0 Å². The molecule has 3 unspecified atom stereocenters. The Hall–Kier alpha value is -0.650. The lowest BCUT2D eigenvalue weighted by Crippen LogP contribution is -2.45. The van der Waals surface area contributed by atoms with Crippen LogP contribution < -0.4 is 10.2 Å². The number of hydrogen-bond acceptors (Lipinski definition) is 5. The van der Waals surface area contributed by atoms with E-state index in [1.807, 2.05) is 11.3 Å². The number of fused-ring (bicyclic) bond motifs is 1. The van der Waals surface area contributed by atoms with Crippen molar-refractivity contribution < 1.29 is 4.74 Å². The molecule has 3 atom stereocenters. The van der Waals surface area contributed by atoms with E-state index < -0.39 is 0 Å². The Labute approximate surface area is 125 Å². The van der Waals surface area contributed by atoms with E-state index in [1.54, 1.807) is 0 Å². The summed E-state index contributed by atoms with van der Waals surface area (Å²) in [6.45, 7) is 9.41. The van der Waals surface area contributed by atoms with Gasteiger partial charge in [0, 0.05) is 18.0 Å². The smallest absolute Gasteiger partial charge is 0.186 e. The summed E-state index contributed by atoms with van der Waals surface area (Å²) >= 11 is 1.89. The molecule has 0 aromatic carbocycles. The molecular formula is C15H25N3OS. The van der Waals surface area contributed by atoms with E-state index in [1.165, 1.54) is 35.0 Å². The summed E-state index contributed by atoms with van der Waals surface area (Å²) in [4.78, 5) is 8.87. The third-order valence-corrected chi connectivity index (χ3v) is 5.28. The van der Waals surface area contributed by atoms with Crippen LogP contribution in [0.4, 0.5) is 5.13 Å². The number of rotatable bonds is 3. The van der Waals surface area contributed by atoms with Crippen molar-refractivity contribution in [3.63, 3.8) is 0 Å². The number of aromatic nitrogens is 1. The van der Waals surface area contributed by atoms with E-state index >= 15 is 0 Å². The monoisotopic (exact) mass is 295 g/mol. The van der Waals surface area contributed by atoms with E-state index in [-0.39, 0.29) is 0 Å². The molecule has 3 rings (SSSR count). The van der Waals surface area contributed by atoms with Crippen molar-refractivity contribution >= 4 is 16.5 Å². The van der Waals surface area contributed by atoms with Crippen LogP contribution in [0, 0.1) is 0 Å². The van der Waals surface area contributed by atoms with Gasteiger partial charge in [-0.05, 0) is 39.7 Å². The summed E-state index contributed by atoms with van der Waals surface area (Å²) in [5.41, 5.74) is 1.31. The molecule has 112 valence electrons. The van der Waals surface area contributed by atoms with E-state index in [9.17, 15) is 0 Å². The van der Waals surface area contributed by atoms with Gasteiger partial charge < -0.3 is 15.0 Å². The molecule has 0 bridgehead atoms. The Bertz CT molecular complexity index is 452. The first-order valence-corrected chi connectivity index (χ1v) is 8.62. The Morgan fingerprint density at radius 3 is 2.80 bits per heavy atom. The normalized spacial score (nSPS) is 30.4. The average Bonchev–Trinajstić information content (AvgIpc) is 2.83. The van der Waals surface area contributed by atoms with Gasteiger partial charge in [-0.25, -0.2) is 4.98 Å². The van der Waals surface area contributed by atoms with Gasteiger partial charge in [0.1, 0.15) is 0 Å². The molecule has 1 N–H and O–H groups in total. The largest absolute Gasteiger partial charge is 0.372 e. The molecule has 2 heterocycles. The molecule has 2 aliphatic rings. The van der Waals surface area contributed by atoms with Crippen LogP contribution in [-0.2, 0) is 11.2 Å². The van der Waals surface area contributed by atoms with Gasteiger partial charge in [-0.2, -0.15) is 0 Å². The Kier molecular flexibility index (Phi) is 4.29. The number of morpholine rings is 1. The van der Waals surface area contributed by atoms with Gasteiger partial charge in [0.25, 0.3) is 0 Å². The summed E-state index contributed by atoms with van der Waals surface area (Å²) < 4.78 is 5.82. The highest BCUT2D eigenvalue weighted by Crippen LogP contribution is 2.37. The molecule has 0 radical (unpaired) electrons. The first kappa shape index (κ1) is 14.3. The van der Waals surface area contributed by atoms with Crippen molar-refractivity contribution in [3.8, 4) is 0 Å².